The molecule has 0 radical (unpaired) electrons. The molecule has 0 aliphatic heterocycles. The number of carbonyl (C=O) groups is 2. The summed E-state index contributed by atoms with van der Waals surface area (Å²) in [6.45, 7) is 5.77. The Kier molecular flexibility index (Phi) is 5.32. The minimum atomic E-state index is -3.50. The SMILES string of the molecule is Cc1ccc(S(=O)(=O)CC2CC3(CC2CCl)C(=O)CC(C)(C)CC3=O)cc1. The molecule has 27 heavy (non-hydrogen) atoms. The van der Waals surface area contributed by atoms with Gasteiger partial charge in [-0.3, -0.25) is 9.59 Å². The van der Waals surface area contributed by atoms with Crippen molar-refractivity contribution in [2.75, 3.05) is 11.6 Å². The summed E-state index contributed by atoms with van der Waals surface area (Å²) in [5, 5.41) is 0. The molecule has 1 spiro atoms. The van der Waals surface area contributed by atoms with E-state index in [1.807, 2.05) is 20.8 Å². The third-order valence-electron chi connectivity index (χ3n) is 6.25. The smallest absolute Gasteiger partial charge is 0.178 e. The van der Waals surface area contributed by atoms with Gasteiger partial charge >= 0.3 is 0 Å². The molecule has 2 aliphatic rings. The normalized spacial score (nSPS) is 27.3. The summed E-state index contributed by atoms with van der Waals surface area (Å²) >= 11 is 6.13. The van der Waals surface area contributed by atoms with Crippen molar-refractivity contribution in [3.63, 3.8) is 0 Å². The van der Waals surface area contributed by atoms with Crippen LogP contribution in [0.2, 0.25) is 0 Å². The number of halogens is 1. The van der Waals surface area contributed by atoms with Gasteiger partial charge in [-0.15, -0.1) is 11.6 Å². The van der Waals surface area contributed by atoms with Crippen LogP contribution in [-0.2, 0) is 19.4 Å². The van der Waals surface area contributed by atoms with E-state index in [1.165, 1.54) is 0 Å². The van der Waals surface area contributed by atoms with Crippen molar-refractivity contribution >= 4 is 33.0 Å². The molecule has 1 aromatic rings. The highest BCUT2D eigenvalue weighted by molar-refractivity contribution is 7.91. The average molecular weight is 411 g/mol. The Morgan fingerprint density at radius 2 is 1.52 bits per heavy atom. The minimum absolute atomic E-state index is 0.0332. The molecule has 0 N–H and O–H groups in total. The standard InChI is InChI=1S/C21H27ClO4S/c1-14-4-6-17(7-5-14)27(25,26)13-16-9-21(8-15(16)12-22)18(23)10-20(2,3)11-19(21)24/h4-7,15-16H,8-13H2,1-3H3. The lowest BCUT2D eigenvalue weighted by Gasteiger charge is -2.38. The van der Waals surface area contributed by atoms with E-state index in [-0.39, 0.29) is 45.3 Å². The first-order chi connectivity index (χ1) is 12.5. The fourth-order valence-electron chi connectivity index (χ4n) is 4.69. The zero-order chi connectivity index (χ0) is 20.0. The fourth-order valence-corrected chi connectivity index (χ4v) is 6.75. The summed E-state index contributed by atoms with van der Waals surface area (Å²) in [6, 6.07) is 6.78. The second kappa shape index (κ2) is 7.00. The number of sulfone groups is 1. The highest BCUT2D eigenvalue weighted by Gasteiger charge is 2.58. The van der Waals surface area contributed by atoms with E-state index < -0.39 is 15.3 Å². The van der Waals surface area contributed by atoms with E-state index in [9.17, 15) is 18.0 Å². The third kappa shape index (κ3) is 3.86. The van der Waals surface area contributed by atoms with Gasteiger partial charge in [-0.05, 0) is 49.1 Å². The van der Waals surface area contributed by atoms with E-state index in [1.54, 1.807) is 24.3 Å². The Bertz CT molecular complexity index is 835. The first-order valence-electron chi connectivity index (χ1n) is 9.41. The van der Waals surface area contributed by atoms with E-state index in [2.05, 4.69) is 0 Å². The molecule has 1 aromatic carbocycles. The van der Waals surface area contributed by atoms with Gasteiger partial charge in [0.15, 0.2) is 9.84 Å². The van der Waals surface area contributed by atoms with Gasteiger partial charge in [-0.1, -0.05) is 31.5 Å². The van der Waals surface area contributed by atoms with Crippen molar-refractivity contribution in [2.45, 2.75) is 51.3 Å². The number of Topliss-reactive ketones (excluding diaryl/α,β-unsaturated/α-hetero) is 2. The molecule has 2 aliphatic carbocycles. The Morgan fingerprint density at radius 3 is 2.04 bits per heavy atom. The van der Waals surface area contributed by atoms with Crippen LogP contribution in [0.4, 0.5) is 0 Å². The van der Waals surface area contributed by atoms with Gasteiger partial charge in [0.2, 0.25) is 0 Å². The Morgan fingerprint density at radius 1 is 1.00 bits per heavy atom. The third-order valence-corrected chi connectivity index (χ3v) is 8.50. The predicted octanol–water partition coefficient (Wildman–Crippen LogP) is 3.98. The maximum absolute atomic E-state index is 12.9. The van der Waals surface area contributed by atoms with Crippen LogP contribution in [0.3, 0.4) is 0 Å². The monoisotopic (exact) mass is 410 g/mol. The van der Waals surface area contributed by atoms with Crippen LogP contribution < -0.4 is 0 Å². The first-order valence-corrected chi connectivity index (χ1v) is 11.6. The van der Waals surface area contributed by atoms with Crippen molar-refractivity contribution in [3.05, 3.63) is 29.8 Å². The molecule has 2 saturated carbocycles. The number of carbonyl (C=O) groups excluding carboxylic acids is 2. The molecule has 2 atom stereocenters. The zero-order valence-corrected chi connectivity index (χ0v) is 17.7. The molecule has 148 valence electrons. The number of ketones is 2. The number of hydrogen-bond acceptors (Lipinski definition) is 4. The largest absolute Gasteiger partial charge is 0.299 e. The summed E-state index contributed by atoms with van der Waals surface area (Å²) in [5.41, 5.74) is -0.349. The zero-order valence-electron chi connectivity index (χ0n) is 16.1. The van der Waals surface area contributed by atoms with Crippen molar-refractivity contribution < 1.29 is 18.0 Å². The molecule has 2 unspecified atom stereocenters. The molecule has 3 rings (SSSR count). The van der Waals surface area contributed by atoms with Crippen LogP contribution in [0.5, 0.6) is 0 Å². The number of rotatable bonds is 4. The summed E-state index contributed by atoms with van der Waals surface area (Å²) in [7, 11) is -3.50. The van der Waals surface area contributed by atoms with Crippen molar-refractivity contribution in [1.29, 1.82) is 0 Å². The number of aryl methyl sites for hydroxylation is 1. The van der Waals surface area contributed by atoms with Gasteiger partial charge in [0.1, 0.15) is 11.6 Å². The average Bonchev–Trinajstić information content (AvgIpc) is 2.92. The minimum Gasteiger partial charge on any atom is -0.299 e. The summed E-state index contributed by atoms with van der Waals surface area (Å²) in [5.74, 6) is -0.286. The molecule has 0 aromatic heterocycles. The van der Waals surface area contributed by atoms with Gasteiger partial charge in [0.05, 0.1) is 16.1 Å². The molecule has 2 fully saturated rings. The van der Waals surface area contributed by atoms with E-state index >= 15 is 0 Å². The summed E-state index contributed by atoms with van der Waals surface area (Å²) in [6.07, 6.45) is 1.43. The van der Waals surface area contributed by atoms with Crippen molar-refractivity contribution in [3.8, 4) is 0 Å². The van der Waals surface area contributed by atoms with Crippen LogP contribution in [0.1, 0.15) is 45.1 Å². The van der Waals surface area contributed by atoms with Crippen LogP contribution >= 0.6 is 11.6 Å². The second-order valence-electron chi connectivity index (χ2n) is 9.12. The van der Waals surface area contributed by atoms with Gasteiger partial charge in [-0.25, -0.2) is 8.42 Å². The molecule has 6 heteroatoms. The summed E-state index contributed by atoms with van der Waals surface area (Å²) in [4.78, 5) is 26.1. The molecular formula is C21H27ClO4S. The molecule has 0 saturated heterocycles. The maximum Gasteiger partial charge on any atom is 0.178 e. The lowest BCUT2D eigenvalue weighted by atomic mass is 9.62. The molecule has 0 amide bonds. The van der Waals surface area contributed by atoms with Crippen molar-refractivity contribution in [2.24, 2.45) is 22.7 Å². The number of benzene rings is 1. The van der Waals surface area contributed by atoms with Gasteiger partial charge in [0.25, 0.3) is 0 Å². The van der Waals surface area contributed by atoms with Gasteiger partial charge < -0.3 is 0 Å². The van der Waals surface area contributed by atoms with Crippen LogP contribution in [0.25, 0.3) is 0 Å². The van der Waals surface area contributed by atoms with Gasteiger partial charge in [0, 0.05) is 18.7 Å². The second-order valence-corrected chi connectivity index (χ2v) is 11.5. The number of alkyl halides is 1. The molecule has 4 nitrogen and oxygen atoms in total. The topological polar surface area (TPSA) is 68.3 Å². The fraction of sp³-hybridized carbons (Fsp3) is 0.619. The Labute approximate surface area is 166 Å². The highest BCUT2D eigenvalue weighted by Crippen LogP contribution is 2.54. The quantitative estimate of drug-likeness (QED) is 0.556. The first kappa shape index (κ1) is 20.5. The van der Waals surface area contributed by atoms with Crippen LogP contribution in [-0.4, -0.2) is 31.6 Å². The van der Waals surface area contributed by atoms with Gasteiger partial charge in [-0.2, -0.15) is 0 Å². The van der Waals surface area contributed by atoms with E-state index in [0.717, 1.165) is 5.56 Å². The lowest BCUT2D eigenvalue weighted by molar-refractivity contribution is -0.148. The molecule has 0 bridgehead atoms. The Hall–Kier alpha value is -1.20. The van der Waals surface area contributed by atoms with Crippen LogP contribution in [0, 0.1) is 29.6 Å². The molecular weight excluding hydrogens is 384 g/mol. The summed E-state index contributed by atoms with van der Waals surface area (Å²) < 4.78 is 25.8. The van der Waals surface area contributed by atoms with E-state index in [4.69, 9.17) is 11.6 Å². The molecule has 0 heterocycles. The van der Waals surface area contributed by atoms with E-state index in [0.29, 0.717) is 25.7 Å². The van der Waals surface area contributed by atoms with Crippen molar-refractivity contribution in [1.82, 2.24) is 0 Å². The lowest BCUT2D eigenvalue weighted by Crippen LogP contribution is -2.46. The van der Waals surface area contributed by atoms with Crippen LogP contribution in [0.15, 0.2) is 29.2 Å². The predicted molar refractivity (Wildman–Crippen MR) is 106 cm³/mol. The highest BCUT2D eigenvalue weighted by atomic mass is 35.5. The number of hydrogen-bond donors (Lipinski definition) is 0. The Balaban J connectivity index is 1.86. The maximum atomic E-state index is 12.9.